The molecule has 0 heterocycles. The van der Waals surface area contributed by atoms with Crippen molar-refractivity contribution < 1.29 is 24.5 Å². The Morgan fingerprint density at radius 3 is 1.32 bits per heavy atom. The lowest BCUT2D eigenvalue weighted by Crippen LogP contribution is -2.29. The summed E-state index contributed by atoms with van der Waals surface area (Å²) in [5.74, 6) is 0.161. The molecular weight excluding hydrogens is 622 g/mol. The van der Waals surface area contributed by atoms with Gasteiger partial charge in [0, 0.05) is 13.2 Å². The number of aliphatic hydroxyl groups excluding tert-OH is 2. The highest BCUT2D eigenvalue weighted by atomic mass is 16.6. The summed E-state index contributed by atoms with van der Waals surface area (Å²) in [7, 11) is 0. The maximum Gasteiger partial charge on any atom is 0.308 e. The number of aliphatic hydroxyl groups is 2. The van der Waals surface area contributed by atoms with Crippen LogP contribution in [0.3, 0.4) is 0 Å². The van der Waals surface area contributed by atoms with Crippen LogP contribution in [0.25, 0.3) is 0 Å². The molecule has 0 rings (SSSR count). The molecule has 50 heavy (non-hydrogen) atoms. The van der Waals surface area contributed by atoms with Crippen molar-refractivity contribution in [3.8, 4) is 0 Å². The molecule has 0 amide bonds. The van der Waals surface area contributed by atoms with Gasteiger partial charge < -0.3 is 24.6 Å². The van der Waals surface area contributed by atoms with Gasteiger partial charge in [-0.1, -0.05) is 175 Å². The Balaban J connectivity index is 3.93. The Kier molecular flexibility index (Phi) is 40.5. The summed E-state index contributed by atoms with van der Waals surface area (Å²) < 4.78 is 11.4. The summed E-state index contributed by atoms with van der Waals surface area (Å²) in [4.78, 5) is 15.4. The molecule has 0 aromatic carbocycles. The first-order valence-corrected chi connectivity index (χ1v) is 22.4. The van der Waals surface area contributed by atoms with E-state index in [0.29, 0.717) is 13.2 Å². The Labute approximate surface area is 312 Å². The first kappa shape index (κ1) is 49.3. The van der Waals surface area contributed by atoms with E-state index in [-0.39, 0.29) is 18.5 Å². The van der Waals surface area contributed by atoms with E-state index in [1.807, 2.05) is 0 Å². The molecule has 0 fully saturated rings. The van der Waals surface area contributed by atoms with Crippen molar-refractivity contribution in [3.63, 3.8) is 0 Å². The smallest absolute Gasteiger partial charge is 0.308 e. The lowest BCUT2D eigenvalue weighted by Gasteiger charge is -2.21. The minimum absolute atomic E-state index is 0.0625. The molecule has 6 heteroatoms. The van der Waals surface area contributed by atoms with Gasteiger partial charge in [-0.05, 0) is 64.5 Å². The van der Waals surface area contributed by atoms with Gasteiger partial charge in [0.1, 0.15) is 0 Å². The lowest BCUT2D eigenvalue weighted by molar-refractivity contribution is -0.149. The van der Waals surface area contributed by atoms with E-state index in [0.717, 1.165) is 90.3 Å². The number of carbonyl (C=O) groups excluding carboxylic acids is 1. The Morgan fingerprint density at radius 1 is 0.480 bits per heavy atom. The molecule has 300 valence electrons. The second kappa shape index (κ2) is 41.1. The van der Waals surface area contributed by atoms with Crippen molar-refractivity contribution in [2.75, 3.05) is 39.5 Å². The van der Waals surface area contributed by atoms with Gasteiger partial charge in [0.2, 0.25) is 0 Å². The minimum Gasteiger partial charge on any atom is -0.465 e. The van der Waals surface area contributed by atoms with Gasteiger partial charge in [0.05, 0.1) is 19.1 Å². The van der Waals surface area contributed by atoms with Gasteiger partial charge in [-0.25, -0.2) is 0 Å². The largest absolute Gasteiger partial charge is 0.465 e. The average molecular weight is 712 g/mol. The molecule has 0 aliphatic heterocycles. The number of hydrogen-bond donors (Lipinski definition) is 2. The molecule has 0 aliphatic carbocycles. The van der Waals surface area contributed by atoms with E-state index in [1.165, 1.54) is 135 Å². The predicted molar refractivity (Wildman–Crippen MR) is 215 cm³/mol. The average Bonchev–Trinajstić information content (AvgIpc) is 3.11. The van der Waals surface area contributed by atoms with Crippen LogP contribution in [0.15, 0.2) is 0 Å². The SMILES string of the molecule is CCCCCCCCCOC(O)CCCCCCCN(CCO)CCCCCCCOC(=O)C(CCCCCCCC)CCCCCCCC. The molecular formula is C44H89NO5. The highest BCUT2D eigenvalue weighted by Gasteiger charge is 2.19. The second-order valence-corrected chi connectivity index (χ2v) is 15.3. The lowest BCUT2D eigenvalue weighted by atomic mass is 9.94. The summed E-state index contributed by atoms with van der Waals surface area (Å²) in [5.41, 5.74) is 0. The highest BCUT2D eigenvalue weighted by Crippen LogP contribution is 2.21. The third kappa shape index (κ3) is 35.7. The van der Waals surface area contributed by atoms with Crippen LogP contribution in [0.4, 0.5) is 0 Å². The van der Waals surface area contributed by atoms with Crippen LogP contribution in [0.1, 0.15) is 226 Å². The Bertz CT molecular complexity index is 646. The fraction of sp³-hybridized carbons (Fsp3) is 0.977. The maximum atomic E-state index is 13.0. The van der Waals surface area contributed by atoms with Crippen LogP contribution >= 0.6 is 0 Å². The van der Waals surface area contributed by atoms with Gasteiger partial charge in [0.25, 0.3) is 0 Å². The minimum atomic E-state index is -0.600. The molecule has 0 saturated carbocycles. The highest BCUT2D eigenvalue weighted by molar-refractivity contribution is 5.72. The monoisotopic (exact) mass is 712 g/mol. The molecule has 6 nitrogen and oxygen atoms in total. The van der Waals surface area contributed by atoms with Crippen LogP contribution in [0.5, 0.6) is 0 Å². The van der Waals surface area contributed by atoms with Gasteiger partial charge >= 0.3 is 5.97 Å². The molecule has 1 unspecified atom stereocenters. The summed E-state index contributed by atoms with van der Waals surface area (Å²) in [5, 5.41) is 19.6. The van der Waals surface area contributed by atoms with Crippen molar-refractivity contribution in [1.82, 2.24) is 4.90 Å². The van der Waals surface area contributed by atoms with Crippen molar-refractivity contribution in [2.24, 2.45) is 5.92 Å². The fourth-order valence-electron chi connectivity index (χ4n) is 7.00. The van der Waals surface area contributed by atoms with Crippen LogP contribution in [-0.2, 0) is 14.3 Å². The summed E-state index contributed by atoms with van der Waals surface area (Å²) in [6.07, 6.45) is 37.6. The molecule has 0 saturated heterocycles. The molecule has 1 atom stereocenters. The van der Waals surface area contributed by atoms with Gasteiger partial charge in [-0.2, -0.15) is 0 Å². The van der Waals surface area contributed by atoms with E-state index in [1.54, 1.807) is 0 Å². The summed E-state index contributed by atoms with van der Waals surface area (Å²) >= 11 is 0. The van der Waals surface area contributed by atoms with Crippen molar-refractivity contribution in [3.05, 3.63) is 0 Å². The van der Waals surface area contributed by atoms with Crippen LogP contribution in [-0.4, -0.2) is 66.8 Å². The van der Waals surface area contributed by atoms with Gasteiger partial charge in [0.15, 0.2) is 6.29 Å². The van der Waals surface area contributed by atoms with Crippen molar-refractivity contribution >= 4 is 5.97 Å². The third-order valence-corrected chi connectivity index (χ3v) is 10.4. The zero-order valence-corrected chi connectivity index (χ0v) is 34.1. The quantitative estimate of drug-likeness (QED) is 0.0373. The first-order valence-electron chi connectivity index (χ1n) is 22.4. The number of hydrogen-bond acceptors (Lipinski definition) is 6. The summed E-state index contributed by atoms with van der Waals surface area (Å²) in [6.45, 7) is 11.1. The van der Waals surface area contributed by atoms with Gasteiger partial charge in [-0.15, -0.1) is 0 Å². The number of unbranched alkanes of at least 4 members (excludes halogenated alkanes) is 24. The summed E-state index contributed by atoms with van der Waals surface area (Å²) in [6, 6.07) is 0. The number of rotatable bonds is 42. The van der Waals surface area contributed by atoms with E-state index in [9.17, 15) is 15.0 Å². The maximum absolute atomic E-state index is 13.0. The van der Waals surface area contributed by atoms with Crippen LogP contribution in [0, 0.1) is 5.92 Å². The topological polar surface area (TPSA) is 79.2 Å². The molecule has 0 aromatic heterocycles. The normalized spacial score (nSPS) is 12.4. The number of esters is 1. The van der Waals surface area contributed by atoms with E-state index >= 15 is 0 Å². The fourth-order valence-corrected chi connectivity index (χ4v) is 7.00. The molecule has 2 N–H and O–H groups in total. The molecule has 0 spiro atoms. The zero-order chi connectivity index (χ0) is 36.6. The molecule has 0 radical (unpaired) electrons. The Morgan fingerprint density at radius 2 is 0.860 bits per heavy atom. The number of nitrogens with zero attached hydrogens (tertiary/aromatic N) is 1. The number of ether oxygens (including phenoxy) is 2. The first-order chi connectivity index (χ1) is 24.6. The van der Waals surface area contributed by atoms with Crippen LogP contribution < -0.4 is 0 Å². The molecule has 0 aromatic rings. The second-order valence-electron chi connectivity index (χ2n) is 15.3. The third-order valence-electron chi connectivity index (χ3n) is 10.4. The standard InChI is InChI=1S/C44H89NO5/c1-4-7-10-13-16-24-31-40-49-43(47)35-28-21-17-22-29-36-45(38-39-46)37-30-23-18-25-32-41-50-44(48)42(33-26-19-14-11-8-5-2)34-27-20-15-12-9-6-3/h42-43,46-47H,4-41H2,1-3H3. The van der Waals surface area contributed by atoms with E-state index in [2.05, 4.69) is 25.7 Å². The van der Waals surface area contributed by atoms with E-state index in [4.69, 9.17) is 9.47 Å². The Hall–Kier alpha value is -0.690. The van der Waals surface area contributed by atoms with Gasteiger partial charge in [-0.3, -0.25) is 4.79 Å². The van der Waals surface area contributed by atoms with E-state index < -0.39 is 6.29 Å². The predicted octanol–water partition coefficient (Wildman–Crippen LogP) is 12.3. The zero-order valence-electron chi connectivity index (χ0n) is 34.1. The number of carbonyl (C=O) groups is 1. The van der Waals surface area contributed by atoms with Crippen molar-refractivity contribution in [1.29, 1.82) is 0 Å². The van der Waals surface area contributed by atoms with Crippen molar-refractivity contribution in [2.45, 2.75) is 233 Å². The molecule has 0 aliphatic rings. The van der Waals surface area contributed by atoms with Crippen LogP contribution in [0.2, 0.25) is 0 Å². The molecule has 0 bridgehead atoms.